The Hall–Kier alpha value is -2.26. The van der Waals surface area contributed by atoms with Gasteiger partial charge < -0.3 is 4.90 Å². The van der Waals surface area contributed by atoms with Gasteiger partial charge in [-0.25, -0.2) is 12.8 Å². The maximum absolute atomic E-state index is 13.1. The maximum atomic E-state index is 13.1. The van der Waals surface area contributed by atoms with Gasteiger partial charge in [0.1, 0.15) is 10.6 Å². The zero-order valence-corrected chi connectivity index (χ0v) is 17.2. The molecule has 1 amide bonds. The van der Waals surface area contributed by atoms with E-state index in [9.17, 15) is 17.6 Å². The van der Waals surface area contributed by atoms with E-state index in [0.29, 0.717) is 17.8 Å². The molecule has 1 atom stereocenters. The molecule has 0 spiro atoms. The van der Waals surface area contributed by atoms with Gasteiger partial charge in [0, 0.05) is 18.5 Å². The van der Waals surface area contributed by atoms with E-state index in [0.717, 1.165) is 21.5 Å². The molecule has 0 N–H and O–H groups in total. The number of carbonyl (C=O) groups is 1. The first-order valence-electron chi connectivity index (χ1n) is 8.92. The van der Waals surface area contributed by atoms with Crippen molar-refractivity contribution >= 4 is 37.3 Å². The number of fused-ring (bicyclic) bond motifs is 1. The molecule has 0 aliphatic carbocycles. The van der Waals surface area contributed by atoms with E-state index in [4.69, 9.17) is 0 Å². The zero-order valence-electron chi connectivity index (χ0n) is 15.6. The van der Waals surface area contributed by atoms with E-state index in [1.807, 2.05) is 17.7 Å². The number of thiophene rings is 1. The van der Waals surface area contributed by atoms with E-state index in [1.54, 1.807) is 24.1 Å². The summed E-state index contributed by atoms with van der Waals surface area (Å²) in [4.78, 5) is 15.9. The predicted molar refractivity (Wildman–Crippen MR) is 107 cm³/mol. The topological polar surface area (TPSA) is 72.3 Å². The van der Waals surface area contributed by atoms with Crippen molar-refractivity contribution in [2.45, 2.75) is 25.9 Å². The van der Waals surface area contributed by atoms with E-state index in [2.05, 4.69) is 5.10 Å². The molecule has 28 heavy (non-hydrogen) atoms. The van der Waals surface area contributed by atoms with Crippen LogP contribution >= 0.6 is 11.3 Å². The van der Waals surface area contributed by atoms with Crippen LogP contribution in [0.25, 0.3) is 10.2 Å². The van der Waals surface area contributed by atoms with Gasteiger partial charge in [0.2, 0.25) is 0 Å². The molecule has 1 aromatic carbocycles. The first kappa shape index (κ1) is 19.1. The van der Waals surface area contributed by atoms with Gasteiger partial charge in [0.05, 0.1) is 28.6 Å². The lowest BCUT2D eigenvalue weighted by Gasteiger charge is -2.22. The molecule has 2 aromatic heterocycles. The lowest BCUT2D eigenvalue weighted by Crippen LogP contribution is -2.37. The molecular formula is C19H20FN3O3S2. The van der Waals surface area contributed by atoms with Crippen molar-refractivity contribution in [2.75, 3.05) is 18.6 Å². The van der Waals surface area contributed by atoms with Crippen LogP contribution in [-0.4, -0.2) is 53.6 Å². The van der Waals surface area contributed by atoms with E-state index in [-0.39, 0.29) is 29.3 Å². The fraction of sp³-hybridized carbons (Fsp3) is 0.368. The van der Waals surface area contributed by atoms with Crippen LogP contribution in [0.5, 0.6) is 0 Å². The summed E-state index contributed by atoms with van der Waals surface area (Å²) in [5.41, 5.74) is 1.74. The third-order valence-electron chi connectivity index (χ3n) is 5.14. The van der Waals surface area contributed by atoms with Gasteiger partial charge in [0.15, 0.2) is 9.84 Å². The molecule has 9 heteroatoms. The number of aromatic nitrogens is 2. The van der Waals surface area contributed by atoms with Crippen LogP contribution in [0.3, 0.4) is 0 Å². The summed E-state index contributed by atoms with van der Waals surface area (Å²) in [5, 5.41) is 5.44. The Balaban J connectivity index is 1.61. The van der Waals surface area contributed by atoms with Crippen molar-refractivity contribution < 1.29 is 17.6 Å². The van der Waals surface area contributed by atoms with Crippen LogP contribution in [0.15, 0.2) is 30.3 Å². The first-order chi connectivity index (χ1) is 13.2. The molecule has 0 unspecified atom stereocenters. The molecule has 0 saturated carbocycles. The zero-order chi connectivity index (χ0) is 20.1. The second kappa shape index (κ2) is 6.97. The number of nitrogens with zero attached hydrogens (tertiary/aromatic N) is 3. The van der Waals surface area contributed by atoms with Crippen LogP contribution < -0.4 is 0 Å². The summed E-state index contributed by atoms with van der Waals surface area (Å²) >= 11 is 1.35. The number of rotatable bonds is 4. The highest BCUT2D eigenvalue weighted by Gasteiger charge is 2.33. The van der Waals surface area contributed by atoms with Gasteiger partial charge in [0.25, 0.3) is 5.91 Å². The van der Waals surface area contributed by atoms with Crippen molar-refractivity contribution in [3.63, 3.8) is 0 Å². The Labute approximate surface area is 166 Å². The van der Waals surface area contributed by atoms with Gasteiger partial charge in [-0.05, 0) is 37.1 Å². The molecule has 1 aliphatic heterocycles. The number of hydrogen-bond acceptors (Lipinski definition) is 5. The molecular weight excluding hydrogens is 401 g/mol. The van der Waals surface area contributed by atoms with Gasteiger partial charge in [-0.15, -0.1) is 11.3 Å². The summed E-state index contributed by atoms with van der Waals surface area (Å²) < 4.78 is 38.4. The largest absolute Gasteiger partial charge is 0.337 e. The molecule has 3 heterocycles. The van der Waals surface area contributed by atoms with Crippen LogP contribution in [0, 0.1) is 12.7 Å². The van der Waals surface area contributed by atoms with E-state index < -0.39 is 9.84 Å². The fourth-order valence-electron chi connectivity index (χ4n) is 3.51. The Bertz CT molecular complexity index is 1150. The smallest absolute Gasteiger partial charge is 0.264 e. The molecule has 0 radical (unpaired) electrons. The highest BCUT2D eigenvalue weighted by Crippen LogP contribution is 2.30. The Morgan fingerprint density at radius 3 is 2.71 bits per heavy atom. The van der Waals surface area contributed by atoms with Crippen LogP contribution in [0.2, 0.25) is 0 Å². The lowest BCUT2D eigenvalue weighted by molar-refractivity contribution is 0.0752. The summed E-state index contributed by atoms with van der Waals surface area (Å²) in [6.45, 7) is 2.37. The van der Waals surface area contributed by atoms with Crippen molar-refractivity contribution in [3.05, 3.63) is 52.3 Å². The molecule has 148 valence electrons. The Morgan fingerprint density at radius 1 is 1.36 bits per heavy atom. The number of aryl methyl sites for hydroxylation is 1. The summed E-state index contributed by atoms with van der Waals surface area (Å²) in [5.74, 6) is -0.298. The van der Waals surface area contributed by atoms with Crippen molar-refractivity contribution in [1.82, 2.24) is 14.7 Å². The normalized spacial score (nSPS) is 18.6. The van der Waals surface area contributed by atoms with Crippen LogP contribution in [0.4, 0.5) is 4.39 Å². The number of halogens is 1. The highest BCUT2D eigenvalue weighted by atomic mass is 32.2. The molecule has 3 aromatic rings. The Kier molecular flexibility index (Phi) is 4.75. The van der Waals surface area contributed by atoms with Gasteiger partial charge in [-0.2, -0.15) is 5.10 Å². The number of carbonyl (C=O) groups excluding carboxylic acids is 1. The average molecular weight is 422 g/mol. The van der Waals surface area contributed by atoms with Crippen LogP contribution in [-0.2, 0) is 16.4 Å². The van der Waals surface area contributed by atoms with E-state index >= 15 is 0 Å². The maximum Gasteiger partial charge on any atom is 0.264 e. The minimum atomic E-state index is -3.05. The summed E-state index contributed by atoms with van der Waals surface area (Å²) in [6.07, 6.45) is 0.479. The van der Waals surface area contributed by atoms with Crippen LogP contribution in [0.1, 0.15) is 27.3 Å². The number of hydrogen-bond donors (Lipinski definition) is 0. The fourth-order valence-corrected chi connectivity index (χ4v) is 6.43. The van der Waals surface area contributed by atoms with Crippen molar-refractivity contribution in [3.8, 4) is 0 Å². The Morgan fingerprint density at radius 2 is 2.07 bits per heavy atom. The van der Waals surface area contributed by atoms with Gasteiger partial charge in [-0.3, -0.25) is 9.48 Å². The number of benzene rings is 1. The predicted octanol–water partition coefficient (Wildman–Crippen LogP) is 2.85. The second-order valence-corrected chi connectivity index (χ2v) is 10.4. The molecule has 1 saturated heterocycles. The minimum absolute atomic E-state index is 0.0253. The van der Waals surface area contributed by atoms with Gasteiger partial charge >= 0.3 is 0 Å². The molecule has 1 aliphatic rings. The second-order valence-electron chi connectivity index (χ2n) is 7.17. The highest BCUT2D eigenvalue weighted by molar-refractivity contribution is 7.91. The molecule has 4 rings (SSSR count). The quantitative estimate of drug-likeness (QED) is 0.649. The average Bonchev–Trinajstić information content (AvgIpc) is 3.31. The molecule has 6 nitrogen and oxygen atoms in total. The van der Waals surface area contributed by atoms with E-state index in [1.165, 1.54) is 23.5 Å². The minimum Gasteiger partial charge on any atom is -0.337 e. The molecule has 0 bridgehead atoms. The standard InChI is InChI=1S/C19H20FN3O3S2/c1-12-16-9-17(18(24)22(2)15-7-8-28(25,26)11-15)27-19(16)23(21-12)10-13-3-5-14(20)6-4-13/h3-6,9,15H,7-8,10-11H2,1-2H3/t15-/m1/s1. The SMILES string of the molecule is Cc1nn(Cc2ccc(F)cc2)c2sc(C(=O)N(C)[C@@H]3CCS(=O)(=O)C3)cc12. The third-order valence-corrected chi connectivity index (χ3v) is 8.03. The lowest BCUT2D eigenvalue weighted by atomic mass is 10.2. The number of sulfone groups is 1. The van der Waals surface area contributed by atoms with Crippen molar-refractivity contribution in [2.24, 2.45) is 0 Å². The van der Waals surface area contributed by atoms with Crippen molar-refractivity contribution in [1.29, 1.82) is 0 Å². The van der Waals surface area contributed by atoms with Gasteiger partial charge in [-0.1, -0.05) is 12.1 Å². The summed E-state index contributed by atoms with van der Waals surface area (Å²) in [6, 6.07) is 7.80. The molecule has 1 fully saturated rings. The first-order valence-corrected chi connectivity index (χ1v) is 11.6. The third kappa shape index (κ3) is 3.56. The number of amides is 1. The summed E-state index contributed by atoms with van der Waals surface area (Å²) in [7, 11) is -1.39. The monoisotopic (exact) mass is 421 g/mol.